The number of phenolic OH excluding ortho intramolecular Hbond substituents is 1. The highest BCUT2D eigenvalue weighted by atomic mass is 32.1. The molecule has 2 aromatic carbocycles. The first kappa shape index (κ1) is 11.6. The molecule has 0 amide bonds. The summed E-state index contributed by atoms with van der Waals surface area (Å²) in [7, 11) is 0. The Morgan fingerprint density at radius 3 is 2.63 bits per heavy atom. The minimum Gasteiger partial charge on any atom is -0.507 e. The average Bonchev–Trinajstić information content (AvgIpc) is 2.38. The number of aromatic hydroxyl groups is 1. The van der Waals surface area contributed by atoms with Gasteiger partial charge < -0.3 is 5.11 Å². The van der Waals surface area contributed by atoms with Gasteiger partial charge in [-0.25, -0.2) is 0 Å². The molecule has 3 aromatic rings. The van der Waals surface area contributed by atoms with E-state index in [2.05, 4.69) is 0 Å². The van der Waals surface area contributed by atoms with E-state index in [0.717, 1.165) is 11.3 Å². The predicted molar refractivity (Wildman–Crippen MR) is 73.9 cm³/mol. The second-order valence-electron chi connectivity index (χ2n) is 3.99. The molecule has 6 heteroatoms. The fourth-order valence-corrected chi connectivity index (χ4v) is 3.20. The van der Waals surface area contributed by atoms with E-state index < -0.39 is 4.92 Å². The quantitative estimate of drug-likeness (QED) is 0.420. The van der Waals surface area contributed by atoms with Crippen LogP contribution in [0.4, 0.5) is 5.69 Å². The summed E-state index contributed by atoms with van der Waals surface area (Å²) < 4.78 is 0.863. The molecule has 1 heterocycles. The van der Waals surface area contributed by atoms with Crippen molar-refractivity contribution in [3.8, 4) is 5.75 Å². The molecule has 0 radical (unpaired) electrons. The molecule has 0 aliphatic carbocycles. The molecule has 0 spiro atoms. The molecular weight excluding hydrogens is 266 g/mol. The maximum absolute atomic E-state index is 12.3. The monoisotopic (exact) mass is 273 g/mol. The van der Waals surface area contributed by atoms with Gasteiger partial charge in [0.2, 0.25) is 0 Å². The van der Waals surface area contributed by atoms with Crippen molar-refractivity contribution in [2.24, 2.45) is 0 Å². The third-order valence-electron chi connectivity index (χ3n) is 2.88. The largest absolute Gasteiger partial charge is 0.507 e. The van der Waals surface area contributed by atoms with Crippen LogP contribution in [-0.2, 0) is 0 Å². The molecule has 0 unspecified atom stereocenters. The number of rotatable bonds is 1. The van der Waals surface area contributed by atoms with Gasteiger partial charge in [-0.2, -0.15) is 0 Å². The standard InChI is InChI=1S/C13H7NO4S/c15-9-6-5-8(14(17)18)13-11(9)12(16)7-3-1-2-4-10(7)19-13/h1-6,15H. The van der Waals surface area contributed by atoms with Crippen LogP contribution in [0.1, 0.15) is 0 Å². The van der Waals surface area contributed by atoms with Crippen LogP contribution in [-0.4, -0.2) is 10.0 Å². The summed E-state index contributed by atoms with van der Waals surface area (Å²) in [6, 6.07) is 9.25. The van der Waals surface area contributed by atoms with Crippen molar-refractivity contribution in [3.05, 3.63) is 56.7 Å². The van der Waals surface area contributed by atoms with Crippen molar-refractivity contribution in [2.45, 2.75) is 0 Å². The van der Waals surface area contributed by atoms with Crippen LogP contribution in [0.5, 0.6) is 5.75 Å². The summed E-state index contributed by atoms with van der Waals surface area (Å²) >= 11 is 1.13. The number of nitro benzene ring substituents is 1. The molecule has 0 saturated carbocycles. The fraction of sp³-hybridized carbons (Fsp3) is 0. The molecule has 1 N–H and O–H groups in total. The van der Waals surface area contributed by atoms with Crippen LogP contribution in [0.25, 0.3) is 20.2 Å². The Kier molecular flexibility index (Phi) is 2.46. The summed E-state index contributed by atoms with van der Waals surface area (Å²) in [6.45, 7) is 0. The van der Waals surface area contributed by atoms with Gasteiger partial charge in [0, 0.05) is 16.2 Å². The van der Waals surface area contributed by atoms with Gasteiger partial charge >= 0.3 is 0 Å². The number of hydrogen-bond acceptors (Lipinski definition) is 5. The van der Waals surface area contributed by atoms with Crippen molar-refractivity contribution in [2.75, 3.05) is 0 Å². The van der Waals surface area contributed by atoms with Crippen LogP contribution in [0.3, 0.4) is 0 Å². The fourth-order valence-electron chi connectivity index (χ4n) is 2.02. The number of phenols is 1. The molecule has 0 bridgehead atoms. The SMILES string of the molecule is O=c1c2ccccc2sc2c([N+](=O)[O-])ccc(O)c12. The minimum atomic E-state index is -0.549. The van der Waals surface area contributed by atoms with Crippen LogP contribution in [0.15, 0.2) is 41.2 Å². The normalized spacial score (nSPS) is 10.9. The molecule has 5 nitrogen and oxygen atoms in total. The van der Waals surface area contributed by atoms with Crippen molar-refractivity contribution >= 4 is 37.2 Å². The lowest BCUT2D eigenvalue weighted by atomic mass is 10.1. The number of nitrogens with zero attached hydrogens (tertiary/aromatic N) is 1. The Morgan fingerprint density at radius 1 is 1.16 bits per heavy atom. The molecular formula is C13H7NO4S. The lowest BCUT2D eigenvalue weighted by Crippen LogP contribution is -2.02. The summed E-state index contributed by atoms with van der Waals surface area (Å²) in [5.41, 5.74) is -0.550. The zero-order chi connectivity index (χ0) is 13.6. The van der Waals surface area contributed by atoms with Gasteiger partial charge in [-0.1, -0.05) is 12.1 Å². The van der Waals surface area contributed by atoms with E-state index in [9.17, 15) is 20.0 Å². The molecule has 19 heavy (non-hydrogen) atoms. The number of benzene rings is 2. The van der Waals surface area contributed by atoms with Crippen molar-refractivity contribution in [1.82, 2.24) is 0 Å². The third kappa shape index (κ3) is 1.65. The summed E-state index contributed by atoms with van der Waals surface area (Å²) in [5, 5.41) is 21.3. The topological polar surface area (TPSA) is 80.4 Å². The Morgan fingerprint density at radius 2 is 1.89 bits per heavy atom. The maximum Gasteiger partial charge on any atom is 0.287 e. The third-order valence-corrected chi connectivity index (χ3v) is 4.08. The lowest BCUT2D eigenvalue weighted by molar-refractivity contribution is -0.382. The molecule has 1 aromatic heterocycles. The first-order chi connectivity index (χ1) is 9.09. The van der Waals surface area contributed by atoms with E-state index in [1.807, 2.05) is 0 Å². The summed E-state index contributed by atoms with van der Waals surface area (Å²) in [4.78, 5) is 22.8. The second-order valence-corrected chi connectivity index (χ2v) is 5.04. The average molecular weight is 273 g/mol. The van der Waals surface area contributed by atoms with E-state index in [1.165, 1.54) is 12.1 Å². The molecule has 0 saturated heterocycles. The number of hydrogen-bond donors (Lipinski definition) is 1. The van der Waals surface area contributed by atoms with Crippen LogP contribution < -0.4 is 5.43 Å². The van der Waals surface area contributed by atoms with Crippen molar-refractivity contribution in [3.63, 3.8) is 0 Å². The molecule has 0 atom stereocenters. The Labute approximate surface area is 110 Å². The Hall–Kier alpha value is -2.47. The van der Waals surface area contributed by atoms with E-state index in [0.29, 0.717) is 10.1 Å². The molecule has 3 rings (SSSR count). The molecule has 94 valence electrons. The van der Waals surface area contributed by atoms with Gasteiger partial charge in [0.05, 0.1) is 10.3 Å². The lowest BCUT2D eigenvalue weighted by Gasteiger charge is -2.03. The zero-order valence-electron chi connectivity index (χ0n) is 9.49. The van der Waals surface area contributed by atoms with Crippen molar-refractivity contribution < 1.29 is 10.0 Å². The van der Waals surface area contributed by atoms with Gasteiger partial charge in [-0.3, -0.25) is 14.9 Å². The highest BCUT2D eigenvalue weighted by Gasteiger charge is 2.19. The summed E-state index contributed by atoms with van der Waals surface area (Å²) in [6.07, 6.45) is 0. The number of nitro groups is 1. The second kappa shape index (κ2) is 4.03. The van der Waals surface area contributed by atoms with Crippen LogP contribution in [0, 0.1) is 10.1 Å². The van der Waals surface area contributed by atoms with Gasteiger partial charge in [0.1, 0.15) is 10.4 Å². The van der Waals surface area contributed by atoms with Gasteiger partial charge in [0.25, 0.3) is 5.69 Å². The number of non-ortho nitro benzene ring substituents is 1. The first-order valence-corrected chi connectivity index (χ1v) is 6.23. The van der Waals surface area contributed by atoms with Crippen LogP contribution in [0.2, 0.25) is 0 Å². The Bertz CT molecular complexity index is 885. The highest BCUT2D eigenvalue weighted by molar-refractivity contribution is 7.25. The van der Waals surface area contributed by atoms with E-state index in [-0.39, 0.29) is 27.0 Å². The van der Waals surface area contributed by atoms with E-state index >= 15 is 0 Å². The first-order valence-electron chi connectivity index (χ1n) is 5.41. The summed E-state index contributed by atoms with van der Waals surface area (Å²) in [5.74, 6) is -0.229. The van der Waals surface area contributed by atoms with Crippen LogP contribution >= 0.6 is 11.3 Å². The molecule has 0 fully saturated rings. The zero-order valence-corrected chi connectivity index (χ0v) is 10.3. The van der Waals surface area contributed by atoms with Gasteiger partial charge in [-0.15, -0.1) is 11.3 Å². The minimum absolute atomic E-state index is 0.0119. The number of fused-ring (bicyclic) bond motifs is 2. The maximum atomic E-state index is 12.3. The van der Waals surface area contributed by atoms with E-state index in [1.54, 1.807) is 24.3 Å². The predicted octanol–water partition coefficient (Wildman–Crippen LogP) is 3.03. The highest BCUT2D eigenvalue weighted by Crippen LogP contribution is 2.35. The van der Waals surface area contributed by atoms with Gasteiger partial charge in [-0.05, 0) is 18.2 Å². The Balaban J connectivity index is 2.64. The smallest absolute Gasteiger partial charge is 0.287 e. The van der Waals surface area contributed by atoms with Gasteiger partial charge in [0.15, 0.2) is 5.43 Å². The molecule has 0 aliphatic rings. The van der Waals surface area contributed by atoms with Crippen molar-refractivity contribution in [1.29, 1.82) is 0 Å². The van der Waals surface area contributed by atoms with E-state index in [4.69, 9.17) is 0 Å². The molecule has 0 aliphatic heterocycles.